The fourth-order valence-corrected chi connectivity index (χ4v) is 1.89. The molecule has 2 aliphatic heterocycles. The Morgan fingerprint density at radius 3 is 2.62 bits per heavy atom. The molecule has 2 rings (SSSR count). The van der Waals surface area contributed by atoms with Crippen molar-refractivity contribution in [1.29, 1.82) is 10.5 Å². The number of allylic oxidation sites excluding steroid dienone is 3. The van der Waals surface area contributed by atoms with Crippen molar-refractivity contribution in [2.45, 2.75) is 20.3 Å². The molecule has 0 amide bonds. The van der Waals surface area contributed by atoms with Crippen LogP contribution in [0.2, 0.25) is 0 Å². The summed E-state index contributed by atoms with van der Waals surface area (Å²) >= 11 is 0. The van der Waals surface area contributed by atoms with E-state index in [1.807, 2.05) is 11.1 Å². The number of nitrogens with zero attached hydrogens (tertiary/aromatic N) is 3. The summed E-state index contributed by atoms with van der Waals surface area (Å²) in [6.45, 7) is 4.92. The Balaban J connectivity index is 2.49. The Bertz CT molecular complexity index is 508. The van der Waals surface area contributed by atoms with Gasteiger partial charge in [-0.2, -0.15) is 10.5 Å². The summed E-state index contributed by atoms with van der Waals surface area (Å²) in [5, 5.41) is 20.0. The lowest BCUT2D eigenvalue weighted by Gasteiger charge is -2.35. The van der Waals surface area contributed by atoms with Gasteiger partial charge in [0.15, 0.2) is 0 Å². The molecule has 0 unspecified atom stereocenters. The van der Waals surface area contributed by atoms with E-state index in [1.54, 1.807) is 6.20 Å². The standard InChI is InChI=1S/C12H12N4/c1-8-3-12-11(5-14)10(4-13)6-15-16(12)7-9(8)2/h6,15H,3,7H2,1-2H3. The van der Waals surface area contributed by atoms with Crippen LogP contribution in [0.15, 0.2) is 34.2 Å². The van der Waals surface area contributed by atoms with Gasteiger partial charge >= 0.3 is 0 Å². The molecular formula is C12H12N4. The van der Waals surface area contributed by atoms with E-state index in [2.05, 4.69) is 25.3 Å². The van der Waals surface area contributed by atoms with Crippen molar-refractivity contribution in [3.05, 3.63) is 34.2 Å². The first-order valence-electron chi connectivity index (χ1n) is 5.10. The molecule has 0 aliphatic carbocycles. The molecule has 2 aliphatic rings. The van der Waals surface area contributed by atoms with Gasteiger partial charge in [0.05, 0.1) is 23.4 Å². The monoisotopic (exact) mass is 212 g/mol. The second-order valence-electron chi connectivity index (χ2n) is 4.06. The van der Waals surface area contributed by atoms with Gasteiger partial charge in [-0.25, -0.2) is 0 Å². The SMILES string of the molecule is CC1=C(C)CN2NC=C(C#N)C(C#N)=C2C1. The van der Waals surface area contributed by atoms with Crippen LogP contribution in [-0.4, -0.2) is 11.6 Å². The zero-order chi connectivity index (χ0) is 11.7. The molecule has 0 aromatic heterocycles. The summed E-state index contributed by atoms with van der Waals surface area (Å²) in [6, 6.07) is 4.16. The lowest BCUT2D eigenvalue weighted by molar-refractivity contribution is 0.284. The zero-order valence-corrected chi connectivity index (χ0v) is 9.33. The average Bonchev–Trinajstić information content (AvgIpc) is 2.29. The molecular weight excluding hydrogens is 200 g/mol. The van der Waals surface area contributed by atoms with Gasteiger partial charge < -0.3 is 5.43 Å². The van der Waals surface area contributed by atoms with E-state index in [9.17, 15) is 0 Å². The molecule has 2 heterocycles. The average molecular weight is 212 g/mol. The molecule has 0 spiro atoms. The normalized spacial score (nSPS) is 19.5. The Labute approximate surface area is 94.7 Å². The first-order chi connectivity index (χ1) is 7.67. The first-order valence-corrected chi connectivity index (χ1v) is 5.10. The molecule has 0 saturated carbocycles. The third kappa shape index (κ3) is 1.45. The molecule has 80 valence electrons. The minimum Gasteiger partial charge on any atom is -0.304 e. The fourth-order valence-electron chi connectivity index (χ4n) is 1.89. The molecule has 1 N–H and O–H groups in total. The molecule has 4 heteroatoms. The number of nitrogens with one attached hydrogen (secondary N) is 1. The number of hydrogen-bond acceptors (Lipinski definition) is 4. The second kappa shape index (κ2) is 3.75. The first kappa shape index (κ1) is 10.3. The van der Waals surface area contributed by atoms with Gasteiger partial charge in [0.1, 0.15) is 12.1 Å². The second-order valence-corrected chi connectivity index (χ2v) is 4.06. The van der Waals surface area contributed by atoms with E-state index in [4.69, 9.17) is 10.5 Å². The van der Waals surface area contributed by atoms with Crippen LogP contribution >= 0.6 is 0 Å². The topological polar surface area (TPSA) is 62.9 Å². The number of fused-ring (bicyclic) bond motifs is 1. The largest absolute Gasteiger partial charge is 0.304 e. The van der Waals surface area contributed by atoms with Gasteiger partial charge in [-0.3, -0.25) is 5.01 Å². The number of rotatable bonds is 0. The molecule has 0 saturated heterocycles. The van der Waals surface area contributed by atoms with Crippen LogP contribution < -0.4 is 5.43 Å². The van der Waals surface area contributed by atoms with Gasteiger partial charge in [0, 0.05) is 12.6 Å². The van der Waals surface area contributed by atoms with Crippen molar-refractivity contribution < 1.29 is 0 Å². The highest BCUT2D eigenvalue weighted by Gasteiger charge is 2.26. The van der Waals surface area contributed by atoms with Gasteiger partial charge in [-0.1, -0.05) is 11.1 Å². The van der Waals surface area contributed by atoms with Gasteiger partial charge in [0.2, 0.25) is 0 Å². The number of hydrogen-bond donors (Lipinski definition) is 1. The Morgan fingerprint density at radius 1 is 1.25 bits per heavy atom. The highest BCUT2D eigenvalue weighted by atomic mass is 15.5. The Hall–Kier alpha value is -2.20. The molecule has 0 fully saturated rings. The summed E-state index contributed by atoms with van der Waals surface area (Å²) in [6.07, 6.45) is 2.33. The van der Waals surface area contributed by atoms with Crippen molar-refractivity contribution in [3.8, 4) is 12.1 Å². The molecule has 0 bridgehead atoms. The van der Waals surface area contributed by atoms with Crippen LogP contribution in [0.25, 0.3) is 0 Å². The van der Waals surface area contributed by atoms with E-state index in [0.717, 1.165) is 18.7 Å². The van der Waals surface area contributed by atoms with Crippen molar-refractivity contribution in [2.75, 3.05) is 6.54 Å². The van der Waals surface area contributed by atoms with Crippen LogP contribution in [0.1, 0.15) is 20.3 Å². The maximum atomic E-state index is 9.11. The summed E-state index contributed by atoms with van der Waals surface area (Å²) in [5.41, 5.74) is 7.45. The van der Waals surface area contributed by atoms with Crippen LogP contribution in [-0.2, 0) is 0 Å². The molecule has 4 nitrogen and oxygen atoms in total. The van der Waals surface area contributed by atoms with E-state index < -0.39 is 0 Å². The van der Waals surface area contributed by atoms with Crippen LogP contribution in [0.4, 0.5) is 0 Å². The highest BCUT2D eigenvalue weighted by Crippen LogP contribution is 2.30. The van der Waals surface area contributed by atoms with E-state index in [1.165, 1.54) is 11.1 Å². The van der Waals surface area contributed by atoms with Crippen molar-refractivity contribution in [1.82, 2.24) is 10.4 Å². The Morgan fingerprint density at radius 2 is 2.00 bits per heavy atom. The van der Waals surface area contributed by atoms with E-state index in [-0.39, 0.29) is 0 Å². The quantitative estimate of drug-likeness (QED) is 0.621. The molecule has 0 aromatic rings. The van der Waals surface area contributed by atoms with Gasteiger partial charge in [-0.05, 0) is 13.8 Å². The van der Waals surface area contributed by atoms with Crippen molar-refractivity contribution >= 4 is 0 Å². The summed E-state index contributed by atoms with van der Waals surface area (Å²) in [4.78, 5) is 0. The number of hydrazine groups is 1. The summed E-state index contributed by atoms with van der Waals surface area (Å²) in [7, 11) is 0. The van der Waals surface area contributed by atoms with Crippen molar-refractivity contribution in [3.63, 3.8) is 0 Å². The summed E-state index contributed by atoms with van der Waals surface area (Å²) in [5.74, 6) is 0. The fraction of sp³-hybridized carbons (Fsp3) is 0.333. The van der Waals surface area contributed by atoms with Crippen molar-refractivity contribution in [2.24, 2.45) is 0 Å². The van der Waals surface area contributed by atoms with Gasteiger partial charge in [0.25, 0.3) is 0 Å². The maximum Gasteiger partial charge on any atom is 0.103 e. The highest BCUT2D eigenvalue weighted by molar-refractivity contribution is 5.55. The number of nitriles is 2. The molecule has 16 heavy (non-hydrogen) atoms. The smallest absolute Gasteiger partial charge is 0.103 e. The van der Waals surface area contributed by atoms with Crippen LogP contribution in [0, 0.1) is 22.7 Å². The maximum absolute atomic E-state index is 9.11. The summed E-state index contributed by atoms with van der Waals surface area (Å²) < 4.78 is 0. The third-order valence-electron chi connectivity index (χ3n) is 3.04. The van der Waals surface area contributed by atoms with E-state index in [0.29, 0.717) is 11.1 Å². The lowest BCUT2D eigenvalue weighted by atomic mass is 9.95. The molecule has 0 aromatic carbocycles. The zero-order valence-electron chi connectivity index (χ0n) is 9.33. The minimum atomic E-state index is 0.418. The van der Waals surface area contributed by atoms with Crippen LogP contribution in [0.5, 0.6) is 0 Å². The van der Waals surface area contributed by atoms with Gasteiger partial charge in [-0.15, -0.1) is 0 Å². The lowest BCUT2D eigenvalue weighted by Crippen LogP contribution is -2.40. The Kier molecular flexibility index (Phi) is 2.42. The molecule has 0 atom stereocenters. The van der Waals surface area contributed by atoms with E-state index >= 15 is 0 Å². The molecule has 0 radical (unpaired) electrons. The third-order valence-corrected chi connectivity index (χ3v) is 3.04. The predicted molar refractivity (Wildman–Crippen MR) is 59.2 cm³/mol. The predicted octanol–water partition coefficient (Wildman–Crippen LogP) is 1.73. The van der Waals surface area contributed by atoms with Crippen LogP contribution in [0.3, 0.4) is 0 Å². The minimum absolute atomic E-state index is 0.418.